The van der Waals surface area contributed by atoms with E-state index in [4.69, 9.17) is 3.63 Å². The molecule has 0 N–H and O–H groups in total. The normalized spacial score (nSPS) is 10.8. The first-order valence-electron chi connectivity index (χ1n) is 7.38. The van der Waals surface area contributed by atoms with Crippen molar-refractivity contribution in [2.75, 3.05) is 0 Å². The van der Waals surface area contributed by atoms with Crippen LogP contribution < -0.4 is 0 Å². The van der Waals surface area contributed by atoms with Gasteiger partial charge in [0.15, 0.2) is 0 Å². The minimum atomic E-state index is 0.895. The van der Waals surface area contributed by atoms with Gasteiger partial charge in [0.1, 0.15) is 0 Å². The lowest BCUT2D eigenvalue weighted by molar-refractivity contribution is 0.755. The summed E-state index contributed by atoms with van der Waals surface area (Å²) in [6.45, 7) is 4.35. The lowest BCUT2D eigenvalue weighted by Crippen LogP contribution is -1.85. The Balaban J connectivity index is 1.64. The van der Waals surface area contributed by atoms with Gasteiger partial charge >= 0.3 is 0 Å². The van der Waals surface area contributed by atoms with E-state index in [1.807, 2.05) is 0 Å². The van der Waals surface area contributed by atoms with Crippen molar-refractivity contribution in [2.45, 2.75) is 38.2 Å². The van der Waals surface area contributed by atoms with Gasteiger partial charge in [-0.25, -0.2) is 3.63 Å². The molecule has 0 radical (unpaired) electrons. The van der Waals surface area contributed by atoms with E-state index < -0.39 is 0 Å². The number of aryl methyl sites for hydroxylation is 2. The monoisotopic (exact) mass is 318 g/mol. The molecule has 0 aromatic heterocycles. The number of hydrogen-bond donors (Lipinski definition) is 0. The minimum Gasteiger partial charge on any atom is -0.247 e. The SMILES string of the molecule is CCc1ccc(CSOSCc2ccc(CC)cc2)cc1. The van der Waals surface area contributed by atoms with Crippen molar-refractivity contribution >= 4 is 24.1 Å². The Morgan fingerprint density at radius 1 is 0.619 bits per heavy atom. The summed E-state index contributed by atoms with van der Waals surface area (Å²) in [4.78, 5) is 0. The molecule has 0 saturated heterocycles. The molecule has 0 atom stereocenters. The third-order valence-corrected chi connectivity index (χ3v) is 5.08. The molecule has 0 spiro atoms. The molecule has 1 nitrogen and oxygen atoms in total. The molecule has 0 fully saturated rings. The maximum absolute atomic E-state index is 5.59. The maximum Gasteiger partial charge on any atom is 0.0461 e. The van der Waals surface area contributed by atoms with Crippen molar-refractivity contribution in [3.8, 4) is 0 Å². The molecule has 0 unspecified atom stereocenters. The second kappa shape index (κ2) is 9.19. The van der Waals surface area contributed by atoms with Crippen LogP contribution in [0.1, 0.15) is 36.1 Å². The highest BCUT2D eigenvalue weighted by molar-refractivity contribution is 8.07. The molecular formula is C18H22OS2. The van der Waals surface area contributed by atoms with Crippen LogP contribution >= 0.6 is 24.1 Å². The standard InChI is InChI=1S/C18H22OS2/c1-3-15-5-9-17(10-6-15)13-20-19-21-14-18-11-7-16(4-2)8-12-18/h5-12H,3-4,13-14H2,1-2H3. The van der Waals surface area contributed by atoms with Gasteiger partial charge in [0.25, 0.3) is 0 Å². The van der Waals surface area contributed by atoms with E-state index in [1.54, 1.807) is 0 Å². The van der Waals surface area contributed by atoms with Crippen LogP contribution in [0.3, 0.4) is 0 Å². The van der Waals surface area contributed by atoms with Gasteiger partial charge in [0.05, 0.1) is 0 Å². The molecule has 0 aliphatic heterocycles. The summed E-state index contributed by atoms with van der Waals surface area (Å²) < 4.78 is 5.59. The highest BCUT2D eigenvalue weighted by Crippen LogP contribution is 2.23. The Morgan fingerprint density at radius 3 is 1.29 bits per heavy atom. The molecule has 3 heteroatoms. The quantitative estimate of drug-likeness (QED) is 0.448. The smallest absolute Gasteiger partial charge is 0.0461 e. The fraction of sp³-hybridized carbons (Fsp3) is 0.333. The fourth-order valence-corrected chi connectivity index (χ4v) is 3.27. The van der Waals surface area contributed by atoms with Gasteiger partial charge in [-0.15, -0.1) is 0 Å². The molecular weight excluding hydrogens is 296 g/mol. The third-order valence-electron chi connectivity index (χ3n) is 3.41. The lowest BCUT2D eigenvalue weighted by Gasteiger charge is -2.04. The van der Waals surface area contributed by atoms with Gasteiger partial charge < -0.3 is 0 Å². The van der Waals surface area contributed by atoms with Crippen LogP contribution in [-0.4, -0.2) is 0 Å². The lowest BCUT2D eigenvalue weighted by atomic mass is 10.1. The maximum atomic E-state index is 5.59. The Labute approximate surface area is 136 Å². The van der Waals surface area contributed by atoms with E-state index in [2.05, 4.69) is 62.4 Å². The Morgan fingerprint density at radius 2 is 0.952 bits per heavy atom. The van der Waals surface area contributed by atoms with Crippen LogP contribution in [0.5, 0.6) is 0 Å². The molecule has 112 valence electrons. The largest absolute Gasteiger partial charge is 0.247 e. The first kappa shape index (κ1) is 16.5. The molecule has 2 aromatic rings. The highest BCUT2D eigenvalue weighted by atomic mass is 32.2. The van der Waals surface area contributed by atoms with E-state index >= 15 is 0 Å². The van der Waals surface area contributed by atoms with E-state index in [9.17, 15) is 0 Å². The second-order valence-corrected chi connectivity index (χ2v) is 6.53. The van der Waals surface area contributed by atoms with Crippen LogP contribution in [0.2, 0.25) is 0 Å². The molecule has 0 amide bonds. The summed E-state index contributed by atoms with van der Waals surface area (Å²) in [5, 5.41) is 0. The summed E-state index contributed by atoms with van der Waals surface area (Å²) >= 11 is 3.02. The zero-order valence-electron chi connectivity index (χ0n) is 12.7. The Bertz CT molecular complexity index is 470. The van der Waals surface area contributed by atoms with Crippen LogP contribution in [-0.2, 0) is 28.0 Å². The number of rotatable bonds is 8. The van der Waals surface area contributed by atoms with Crippen molar-refractivity contribution in [3.63, 3.8) is 0 Å². The van der Waals surface area contributed by atoms with Gasteiger partial charge in [-0.3, -0.25) is 0 Å². The van der Waals surface area contributed by atoms with Crippen LogP contribution in [0.15, 0.2) is 48.5 Å². The third kappa shape index (κ3) is 5.77. The van der Waals surface area contributed by atoms with Gasteiger partial charge in [0.2, 0.25) is 0 Å². The molecule has 2 aromatic carbocycles. The van der Waals surface area contributed by atoms with Crippen molar-refractivity contribution in [1.82, 2.24) is 0 Å². The topological polar surface area (TPSA) is 9.23 Å². The fourth-order valence-electron chi connectivity index (χ4n) is 1.96. The zero-order chi connectivity index (χ0) is 14.9. The van der Waals surface area contributed by atoms with E-state index in [-0.39, 0.29) is 0 Å². The molecule has 0 heterocycles. The van der Waals surface area contributed by atoms with Crippen LogP contribution in [0, 0.1) is 0 Å². The summed E-state index contributed by atoms with van der Waals surface area (Å²) in [5.41, 5.74) is 5.39. The molecule has 0 bridgehead atoms. The average molecular weight is 319 g/mol. The predicted molar refractivity (Wildman–Crippen MR) is 95.3 cm³/mol. The van der Waals surface area contributed by atoms with Crippen molar-refractivity contribution in [3.05, 3.63) is 70.8 Å². The van der Waals surface area contributed by atoms with Crippen molar-refractivity contribution in [2.24, 2.45) is 0 Å². The summed E-state index contributed by atoms with van der Waals surface area (Å²) in [7, 11) is 0. The zero-order valence-corrected chi connectivity index (χ0v) is 14.3. The molecule has 0 aliphatic rings. The Hall–Kier alpha value is -0.900. The van der Waals surface area contributed by atoms with Gasteiger partial charge in [0, 0.05) is 35.6 Å². The minimum absolute atomic E-state index is 0.895. The molecule has 21 heavy (non-hydrogen) atoms. The van der Waals surface area contributed by atoms with Gasteiger partial charge in [-0.2, -0.15) is 0 Å². The molecule has 0 saturated carbocycles. The number of hydrogen-bond acceptors (Lipinski definition) is 3. The van der Waals surface area contributed by atoms with Crippen molar-refractivity contribution < 1.29 is 3.63 Å². The summed E-state index contributed by atoms with van der Waals surface area (Å²) in [6.07, 6.45) is 2.19. The van der Waals surface area contributed by atoms with Crippen LogP contribution in [0.25, 0.3) is 0 Å². The Kier molecular flexibility index (Phi) is 7.20. The summed E-state index contributed by atoms with van der Waals surface area (Å²) in [6, 6.07) is 17.5. The van der Waals surface area contributed by atoms with Gasteiger partial charge in [-0.1, -0.05) is 62.4 Å². The highest BCUT2D eigenvalue weighted by Gasteiger charge is 1.98. The molecule has 0 aliphatic carbocycles. The first-order chi connectivity index (χ1) is 10.3. The van der Waals surface area contributed by atoms with E-state index in [0.717, 1.165) is 24.3 Å². The first-order valence-corrected chi connectivity index (χ1v) is 9.20. The summed E-state index contributed by atoms with van der Waals surface area (Å²) in [5.74, 6) is 1.79. The van der Waals surface area contributed by atoms with E-state index in [0.29, 0.717) is 0 Å². The van der Waals surface area contributed by atoms with E-state index in [1.165, 1.54) is 46.3 Å². The second-order valence-electron chi connectivity index (χ2n) is 4.93. The van der Waals surface area contributed by atoms with Crippen LogP contribution in [0.4, 0.5) is 0 Å². The molecule has 2 rings (SSSR count). The van der Waals surface area contributed by atoms with Crippen molar-refractivity contribution in [1.29, 1.82) is 0 Å². The number of benzene rings is 2. The average Bonchev–Trinajstić information content (AvgIpc) is 2.55. The predicted octanol–water partition coefficient (Wildman–Crippen LogP) is 5.82. The van der Waals surface area contributed by atoms with Gasteiger partial charge in [-0.05, 0) is 35.1 Å².